The van der Waals surface area contributed by atoms with Gasteiger partial charge in [-0.2, -0.15) is 0 Å². The summed E-state index contributed by atoms with van der Waals surface area (Å²) in [5.41, 5.74) is 1.67. The highest BCUT2D eigenvalue weighted by Crippen LogP contribution is 2.22. The zero-order valence-corrected chi connectivity index (χ0v) is 12.2. The van der Waals surface area contributed by atoms with Crippen molar-refractivity contribution in [1.82, 2.24) is 4.98 Å². The van der Waals surface area contributed by atoms with Crippen molar-refractivity contribution in [1.29, 1.82) is 0 Å². The van der Waals surface area contributed by atoms with Gasteiger partial charge in [-0.1, -0.05) is 6.92 Å². The Bertz CT molecular complexity index is 726. The first kappa shape index (κ1) is 12.5. The predicted molar refractivity (Wildman–Crippen MR) is 81.4 cm³/mol. The SMILES string of the molecule is CCc1ccc(CC(=O)c2cnc3ccsc3c2)s1. The Kier molecular flexibility index (Phi) is 3.44. The number of ketones is 1. The molecule has 0 aliphatic rings. The largest absolute Gasteiger partial charge is 0.294 e. The molecule has 19 heavy (non-hydrogen) atoms. The molecule has 3 aromatic rings. The van der Waals surface area contributed by atoms with Crippen LogP contribution in [0.3, 0.4) is 0 Å². The summed E-state index contributed by atoms with van der Waals surface area (Å²) in [5.74, 6) is 0.146. The van der Waals surface area contributed by atoms with Gasteiger partial charge in [0, 0.05) is 27.9 Å². The fraction of sp³-hybridized carbons (Fsp3) is 0.200. The van der Waals surface area contributed by atoms with E-state index in [2.05, 4.69) is 24.0 Å². The van der Waals surface area contributed by atoms with Crippen molar-refractivity contribution in [2.24, 2.45) is 0 Å². The van der Waals surface area contributed by atoms with Crippen molar-refractivity contribution in [3.8, 4) is 0 Å². The number of pyridine rings is 1. The number of carbonyl (C=O) groups excluding carboxylic acids is 1. The summed E-state index contributed by atoms with van der Waals surface area (Å²) in [6, 6.07) is 8.08. The average molecular weight is 287 g/mol. The normalized spacial score (nSPS) is 11.0. The predicted octanol–water partition coefficient (Wildman–Crippen LogP) is 4.35. The van der Waals surface area contributed by atoms with E-state index in [1.165, 1.54) is 4.88 Å². The van der Waals surface area contributed by atoms with Gasteiger partial charge in [0.05, 0.1) is 10.2 Å². The second-order valence-electron chi connectivity index (χ2n) is 4.35. The van der Waals surface area contributed by atoms with E-state index in [-0.39, 0.29) is 5.78 Å². The lowest BCUT2D eigenvalue weighted by molar-refractivity contribution is 0.0993. The lowest BCUT2D eigenvalue weighted by Gasteiger charge is -1.99. The summed E-state index contributed by atoms with van der Waals surface area (Å²) in [7, 11) is 0. The summed E-state index contributed by atoms with van der Waals surface area (Å²) < 4.78 is 1.08. The van der Waals surface area contributed by atoms with E-state index in [4.69, 9.17) is 0 Å². The summed E-state index contributed by atoms with van der Waals surface area (Å²) >= 11 is 3.34. The van der Waals surface area contributed by atoms with Crippen molar-refractivity contribution >= 4 is 38.7 Å². The Balaban J connectivity index is 1.82. The van der Waals surface area contributed by atoms with Gasteiger partial charge in [-0.25, -0.2) is 0 Å². The first-order valence-electron chi connectivity index (χ1n) is 6.20. The van der Waals surface area contributed by atoms with Gasteiger partial charge in [0.2, 0.25) is 0 Å². The zero-order valence-electron chi connectivity index (χ0n) is 10.6. The summed E-state index contributed by atoms with van der Waals surface area (Å²) in [5, 5.41) is 2.00. The molecule has 0 fully saturated rings. The third-order valence-corrected chi connectivity index (χ3v) is 5.11. The average Bonchev–Trinajstić information content (AvgIpc) is 3.05. The van der Waals surface area contributed by atoms with Crippen LogP contribution >= 0.6 is 22.7 Å². The van der Waals surface area contributed by atoms with Crippen molar-refractivity contribution in [2.75, 3.05) is 0 Å². The van der Waals surface area contributed by atoms with Gasteiger partial charge >= 0.3 is 0 Å². The van der Waals surface area contributed by atoms with Crippen molar-refractivity contribution in [3.63, 3.8) is 0 Å². The fourth-order valence-corrected chi connectivity index (χ4v) is 3.70. The van der Waals surface area contributed by atoms with Crippen LogP contribution in [0.25, 0.3) is 10.2 Å². The Morgan fingerprint density at radius 1 is 1.26 bits per heavy atom. The quantitative estimate of drug-likeness (QED) is 0.668. The van der Waals surface area contributed by atoms with Gasteiger partial charge in [0.15, 0.2) is 5.78 Å². The van der Waals surface area contributed by atoms with Gasteiger partial charge in [0.1, 0.15) is 0 Å². The molecule has 4 heteroatoms. The highest BCUT2D eigenvalue weighted by atomic mass is 32.1. The van der Waals surface area contributed by atoms with Crippen LogP contribution < -0.4 is 0 Å². The minimum absolute atomic E-state index is 0.146. The molecule has 0 spiro atoms. The molecule has 3 heterocycles. The van der Waals surface area contributed by atoms with Crippen LogP contribution in [0.1, 0.15) is 27.0 Å². The Morgan fingerprint density at radius 3 is 2.89 bits per heavy atom. The van der Waals surface area contributed by atoms with Crippen LogP contribution in [0.4, 0.5) is 0 Å². The molecule has 96 valence electrons. The van der Waals surface area contributed by atoms with Gasteiger partial charge < -0.3 is 0 Å². The van der Waals surface area contributed by atoms with Gasteiger partial charge in [-0.05, 0) is 36.1 Å². The van der Waals surface area contributed by atoms with E-state index in [9.17, 15) is 4.79 Å². The Morgan fingerprint density at radius 2 is 2.11 bits per heavy atom. The van der Waals surface area contributed by atoms with Gasteiger partial charge in [-0.3, -0.25) is 9.78 Å². The minimum Gasteiger partial charge on any atom is -0.294 e. The summed E-state index contributed by atoms with van der Waals surface area (Å²) in [6.07, 6.45) is 3.19. The smallest absolute Gasteiger partial charge is 0.169 e. The lowest BCUT2D eigenvalue weighted by Crippen LogP contribution is -2.02. The van der Waals surface area contributed by atoms with Crippen molar-refractivity contribution < 1.29 is 4.79 Å². The second kappa shape index (κ2) is 5.23. The fourth-order valence-electron chi connectivity index (χ4n) is 1.97. The number of hydrogen-bond acceptors (Lipinski definition) is 4. The number of hydrogen-bond donors (Lipinski definition) is 0. The van der Waals surface area contributed by atoms with E-state index in [1.807, 2.05) is 17.5 Å². The van der Waals surface area contributed by atoms with Crippen LogP contribution in [0.15, 0.2) is 35.8 Å². The van der Waals surface area contributed by atoms with E-state index < -0.39 is 0 Å². The van der Waals surface area contributed by atoms with E-state index in [0.29, 0.717) is 12.0 Å². The molecule has 3 rings (SSSR count). The summed E-state index contributed by atoms with van der Waals surface area (Å²) in [4.78, 5) is 19.0. The summed E-state index contributed by atoms with van der Waals surface area (Å²) in [6.45, 7) is 2.13. The molecule has 0 unspecified atom stereocenters. The number of aryl methyl sites for hydroxylation is 1. The molecular weight excluding hydrogens is 274 g/mol. The van der Waals surface area contributed by atoms with Crippen LogP contribution in [0.2, 0.25) is 0 Å². The van der Waals surface area contributed by atoms with Crippen LogP contribution in [-0.4, -0.2) is 10.8 Å². The monoisotopic (exact) mass is 287 g/mol. The number of fused-ring (bicyclic) bond motifs is 1. The molecule has 0 aliphatic heterocycles. The van der Waals surface area contributed by atoms with Crippen LogP contribution in [0.5, 0.6) is 0 Å². The van der Waals surface area contributed by atoms with Gasteiger partial charge in [0.25, 0.3) is 0 Å². The van der Waals surface area contributed by atoms with Crippen LogP contribution in [0, 0.1) is 0 Å². The standard InChI is InChI=1S/C15H13NOS2/c1-2-11-3-4-12(19-11)8-14(17)10-7-15-13(16-9-10)5-6-18-15/h3-7,9H,2,8H2,1H3. The molecule has 0 bridgehead atoms. The number of carbonyl (C=O) groups is 1. The molecule has 0 aliphatic carbocycles. The highest BCUT2D eigenvalue weighted by Gasteiger charge is 2.10. The van der Waals surface area contributed by atoms with Gasteiger partial charge in [-0.15, -0.1) is 22.7 Å². The minimum atomic E-state index is 0.146. The molecule has 2 nitrogen and oxygen atoms in total. The lowest BCUT2D eigenvalue weighted by atomic mass is 10.1. The number of Topliss-reactive ketones (excluding diaryl/α,β-unsaturated/α-hetero) is 1. The molecule has 0 aromatic carbocycles. The maximum Gasteiger partial charge on any atom is 0.169 e. The maximum absolute atomic E-state index is 12.2. The second-order valence-corrected chi connectivity index (χ2v) is 6.55. The topological polar surface area (TPSA) is 30.0 Å². The van der Waals surface area contributed by atoms with E-state index in [1.54, 1.807) is 28.9 Å². The zero-order chi connectivity index (χ0) is 13.2. The third-order valence-electron chi connectivity index (χ3n) is 3.03. The Hall–Kier alpha value is -1.52. The number of rotatable bonds is 4. The molecule has 0 atom stereocenters. The molecule has 0 amide bonds. The molecule has 0 saturated carbocycles. The van der Waals surface area contributed by atoms with E-state index >= 15 is 0 Å². The number of aromatic nitrogens is 1. The van der Waals surface area contributed by atoms with Crippen molar-refractivity contribution in [2.45, 2.75) is 19.8 Å². The molecule has 3 aromatic heterocycles. The van der Waals surface area contributed by atoms with E-state index in [0.717, 1.165) is 21.5 Å². The van der Waals surface area contributed by atoms with Crippen LogP contribution in [-0.2, 0) is 12.8 Å². The molecule has 0 radical (unpaired) electrons. The first-order chi connectivity index (χ1) is 9.26. The molecule has 0 N–H and O–H groups in total. The molecular formula is C15H13NOS2. The third kappa shape index (κ3) is 2.60. The molecule has 0 saturated heterocycles. The maximum atomic E-state index is 12.2. The number of nitrogens with zero attached hydrogens (tertiary/aromatic N) is 1. The van der Waals surface area contributed by atoms with Crippen molar-refractivity contribution in [3.05, 3.63) is 51.2 Å². The first-order valence-corrected chi connectivity index (χ1v) is 7.90. The highest BCUT2D eigenvalue weighted by molar-refractivity contribution is 7.17. The number of thiophene rings is 2. The Labute approximate surface area is 119 Å².